The smallest absolute Gasteiger partial charge is 0.0895 e. The summed E-state index contributed by atoms with van der Waals surface area (Å²) >= 11 is 0. The van der Waals surface area contributed by atoms with E-state index in [0.717, 1.165) is 0 Å². The molecule has 0 aromatic carbocycles. The molecule has 0 fully saturated rings. The van der Waals surface area contributed by atoms with Gasteiger partial charge in [-0.05, 0) is 34.6 Å². The van der Waals surface area contributed by atoms with Gasteiger partial charge in [0.2, 0.25) is 0 Å². The molecule has 2 nitrogen and oxygen atoms in total. The molecule has 0 rings (SSSR count). The molecule has 0 unspecified atom stereocenters. The van der Waals surface area contributed by atoms with Crippen LogP contribution in [0.25, 0.3) is 0 Å². The van der Waals surface area contributed by atoms with Gasteiger partial charge in [-0.1, -0.05) is 6.08 Å². The highest BCUT2D eigenvalue weighted by Gasteiger charge is 1.99. The SMILES string of the molecule is C/C=C\N(C=NC(C)C)C(C)C. The van der Waals surface area contributed by atoms with Crippen LogP contribution in [0.3, 0.4) is 0 Å². The maximum absolute atomic E-state index is 4.31. The van der Waals surface area contributed by atoms with Crippen LogP contribution in [0, 0.1) is 0 Å². The van der Waals surface area contributed by atoms with Crippen molar-refractivity contribution in [3.05, 3.63) is 12.3 Å². The Hall–Kier alpha value is -0.790. The Morgan fingerprint density at radius 3 is 2.08 bits per heavy atom. The van der Waals surface area contributed by atoms with Crippen LogP contribution in [0.4, 0.5) is 0 Å². The molecule has 0 aliphatic heterocycles. The summed E-state index contributed by atoms with van der Waals surface area (Å²) in [6, 6.07) is 0.847. The van der Waals surface area contributed by atoms with Crippen LogP contribution < -0.4 is 0 Å². The lowest BCUT2D eigenvalue weighted by Gasteiger charge is -2.19. The van der Waals surface area contributed by atoms with Gasteiger partial charge in [0, 0.05) is 18.3 Å². The first-order chi connectivity index (χ1) is 5.57. The standard InChI is InChI=1S/C10H20N2/c1-6-7-12(10(4)5)8-11-9(2)3/h6-10H,1-5H3/b7-6-,11-8?. The molecule has 0 atom stereocenters. The van der Waals surface area contributed by atoms with Gasteiger partial charge in [-0.3, -0.25) is 4.99 Å². The Bertz CT molecular complexity index is 157. The van der Waals surface area contributed by atoms with Gasteiger partial charge in [-0.15, -0.1) is 0 Å². The maximum atomic E-state index is 4.31. The van der Waals surface area contributed by atoms with Crippen LogP contribution in [0.2, 0.25) is 0 Å². The quantitative estimate of drug-likeness (QED) is 0.465. The van der Waals surface area contributed by atoms with Gasteiger partial charge >= 0.3 is 0 Å². The third kappa shape index (κ3) is 4.94. The van der Waals surface area contributed by atoms with Crippen molar-refractivity contribution in [3.63, 3.8) is 0 Å². The summed E-state index contributed by atoms with van der Waals surface area (Å²) in [7, 11) is 0. The van der Waals surface area contributed by atoms with E-state index in [0.29, 0.717) is 12.1 Å². The molecular formula is C10H20N2. The fourth-order valence-corrected chi connectivity index (χ4v) is 0.726. The van der Waals surface area contributed by atoms with E-state index in [9.17, 15) is 0 Å². The molecule has 0 aliphatic carbocycles. The van der Waals surface area contributed by atoms with Gasteiger partial charge in [-0.25, -0.2) is 0 Å². The average Bonchev–Trinajstić information content (AvgIpc) is 1.96. The fraction of sp³-hybridized carbons (Fsp3) is 0.700. The normalized spacial score (nSPS) is 12.6. The Morgan fingerprint density at radius 2 is 1.75 bits per heavy atom. The lowest BCUT2D eigenvalue weighted by molar-refractivity contribution is 0.467. The molecule has 12 heavy (non-hydrogen) atoms. The van der Waals surface area contributed by atoms with Crippen molar-refractivity contribution in [3.8, 4) is 0 Å². The highest BCUT2D eigenvalue weighted by atomic mass is 15.2. The average molecular weight is 168 g/mol. The van der Waals surface area contributed by atoms with E-state index in [1.54, 1.807) is 0 Å². The number of aliphatic imine (C=N–C) groups is 1. The maximum Gasteiger partial charge on any atom is 0.0895 e. The second kappa shape index (κ2) is 5.81. The molecule has 0 amide bonds. The predicted octanol–water partition coefficient (Wildman–Crippen LogP) is 2.67. The van der Waals surface area contributed by atoms with E-state index in [-0.39, 0.29) is 0 Å². The summed E-state index contributed by atoms with van der Waals surface area (Å²) in [4.78, 5) is 6.41. The highest BCUT2D eigenvalue weighted by molar-refractivity contribution is 5.57. The van der Waals surface area contributed by atoms with E-state index in [1.165, 1.54) is 0 Å². The Balaban J connectivity index is 4.13. The first kappa shape index (κ1) is 11.2. The zero-order valence-electron chi connectivity index (χ0n) is 8.78. The van der Waals surface area contributed by atoms with Crippen molar-refractivity contribution in [1.29, 1.82) is 0 Å². The predicted molar refractivity (Wildman–Crippen MR) is 55.4 cm³/mol. The molecule has 0 saturated carbocycles. The van der Waals surface area contributed by atoms with E-state index in [2.05, 4.69) is 37.6 Å². The van der Waals surface area contributed by atoms with Crippen molar-refractivity contribution in [1.82, 2.24) is 4.90 Å². The highest BCUT2D eigenvalue weighted by Crippen LogP contribution is 1.96. The van der Waals surface area contributed by atoms with E-state index < -0.39 is 0 Å². The Morgan fingerprint density at radius 1 is 1.17 bits per heavy atom. The molecular weight excluding hydrogens is 148 g/mol. The molecule has 0 aromatic heterocycles. The molecule has 0 aromatic rings. The molecule has 0 N–H and O–H groups in total. The summed E-state index contributed by atoms with van der Waals surface area (Å²) in [5, 5.41) is 0. The number of rotatable bonds is 4. The Labute approximate surface area is 76.0 Å². The summed E-state index contributed by atoms with van der Waals surface area (Å²) in [5.74, 6) is 0. The zero-order chi connectivity index (χ0) is 9.56. The topological polar surface area (TPSA) is 15.6 Å². The minimum absolute atomic E-state index is 0.372. The van der Waals surface area contributed by atoms with Crippen LogP contribution in [-0.2, 0) is 0 Å². The number of nitrogens with zero attached hydrogens (tertiary/aromatic N) is 2. The fourth-order valence-electron chi connectivity index (χ4n) is 0.726. The third-order valence-electron chi connectivity index (χ3n) is 1.42. The molecule has 0 heterocycles. The summed E-state index contributed by atoms with van der Waals surface area (Å²) in [6.07, 6.45) is 5.96. The third-order valence-corrected chi connectivity index (χ3v) is 1.42. The summed E-state index contributed by atoms with van der Waals surface area (Å²) in [5.41, 5.74) is 0. The molecule has 0 saturated heterocycles. The lowest BCUT2D eigenvalue weighted by Crippen LogP contribution is -2.23. The number of allylic oxidation sites excluding steroid dienone is 1. The van der Waals surface area contributed by atoms with Crippen molar-refractivity contribution >= 4 is 6.34 Å². The summed E-state index contributed by atoms with van der Waals surface area (Å²) in [6.45, 7) is 10.5. The van der Waals surface area contributed by atoms with Gasteiger partial charge < -0.3 is 4.90 Å². The number of hydrogen-bond donors (Lipinski definition) is 0. The van der Waals surface area contributed by atoms with Crippen molar-refractivity contribution in [2.45, 2.75) is 46.7 Å². The second-order valence-electron chi connectivity index (χ2n) is 3.38. The van der Waals surface area contributed by atoms with Crippen molar-refractivity contribution in [2.75, 3.05) is 0 Å². The first-order valence-corrected chi connectivity index (χ1v) is 4.51. The zero-order valence-corrected chi connectivity index (χ0v) is 8.78. The van der Waals surface area contributed by atoms with Crippen molar-refractivity contribution < 1.29 is 0 Å². The first-order valence-electron chi connectivity index (χ1n) is 4.51. The monoisotopic (exact) mass is 168 g/mol. The van der Waals surface area contributed by atoms with Crippen molar-refractivity contribution in [2.24, 2.45) is 4.99 Å². The van der Waals surface area contributed by atoms with E-state index in [1.807, 2.05) is 25.5 Å². The van der Waals surface area contributed by atoms with Crippen LogP contribution in [0.15, 0.2) is 17.3 Å². The molecule has 70 valence electrons. The van der Waals surface area contributed by atoms with Gasteiger partial charge in [-0.2, -0.15) is 0 Å². The van der Waals surface area contributed by atoms with Crippen LogP contribution in [0.1, 0.15) is 34.6 Å². The van der Waals surface area contributed by atoms with E-state index in [4.69, 9.17) is 0 Å². The molecule has 0 radical (unpaired) electrons. The molecule has 0 aliphatic rings. The molecule has 0 bridgehead atoms. The van der Waals surface area contributed by atoms with Gasteiger partial charge in [0.15, 0.2) is 0 Å². The number of hydrogen-bond acceptors (Lipinski definition) is 1. The molecule has 2 heteroatoms. The second-order valence-corrected chi connectivity index (χ2v) is 3.38. The van der Waals surface area contributed by atoms with E-state index >= 15 is 0 Å². The van der Waals surface area contributed by atoms with Crippen LogP contribution in [-0.4, -0.2) is 23.3 Å². The lowest BCUT2D eigenvalue weighted by atomic mass is 10.3. The minimum Gasteiger partial charge on any atom is -0.337 e. The summed E-state index contributed by atoms with van der Waals surface area (Å²) < 4.78 is 0. The van der Waals surface area contributed by atoms with Crippen LogP contribution in [0.5, 0.6) is 0 Å². The van der Waals surface area contributed by atoms with Crippen LogP contribution >= 0.6 is 0 Å². The minimum atomic E-state index is 0.372. The van der Waals surface area contributed by atoms with Gasteiger partial charge in [0.25, 0.3) is 0 Å². The Kier molecular flexibility index (Phi) is 5.43. The largest absolute Gasteiger partial charge is 0.337 e. The molecule has 0 spiro atoms. The van der Waals surface area contributed by atoms with Gasteiger partial charge in [0.05, 0.1) is 6.34 Å². The van der Waals surface area contributed by atoms with Gasteiger partial charge in [0.1, 0.15) is 0 Å².